The number of nitrogens with zero attached hydrogens (tertiary/aromatic N) is 2. The van der Waals surface area contributed by atoms with Crippen molar-refractivity contribution in [2.45, 2.75) is 24.7 Å². The van der Waals surface area contributed by atoms with Crippen LogP contribution in [0.15, 0.2) is 112 Å². The van der Waals surface area contributed by atoms with E-state index in [2.05, 4.69) is 22.4 Å². The minimum Gasteiger partial charge on any atom is -0.508 e. The molecule has 0 aliphatic carbocycles. The lowest BCUT2D eigenvalue weighted by Gasteiger charge is -2.20. The zero-order valence-corrected chi connectivity index (χ0v) is 22.1. The van der Waals surface area contributed by atoms with E-state index in [0.717, 1.165) is 27.8 Å². The largest absolute Gasteiger partial charge is 0.508 e. The van der Waals surface area contributed by atoms with Gasteiger partial charge in [-0.05, 0) is 65.3 Å². The van der Waals surface area contributed by atoms with Crippen molar-refractivity contribution in [1.82, 2.24) is 0 Å². The fourth-order valence-electron chi connectivity index (χ4n) is 4.74. The number of rotatable bonds is 6. The van der Waals surface area contributed by atoms with Crippen LogP contribution in [0.25, 0.3) is 10.8 Å². The molecule has 0 amide bonds. The van der Waals surface area contributed by atoms with Crippen molar-refractivity contribution in [3.8, 4) is 11.5 Å². The van der Waals surface area contributed by atoms with Crippen LogP contribution in [0.5, 0.6) is 11.5 Å². The molecule has 0 radical (unpaired) electrons. The molecule has 39 heavy (non-hydrogen) atoms. The maximum atomic E-state index is 12.1. The molecule has 0 saturated heterocycles. The molecular weight excluding hydrogens is 512 g/mol. The van der Waals surface area contributed by atoms with Gasteiger partial charge in [-0.1, -0.05) is 78.9 Å². The van der Waals surface area contributed by atoms with Gasteiger partial charge in [-0.2, -0.15) is 13.5 Å². The van der Waals surface area contributed by atoms with Gasteiger partial charge in [0.25, 0.3) is 10.1 Å². The Kier molecular flexibility index (Phi) is 6.91. The SMILES string of the molecule is Cc1cc(C(c2ccccc2)c2ccc(/N=N/c3c(S(=O)(=O)O)cc4ccccc4c3O)c(C)c2)ccc1O. The predicted molar refractivity (Wildman–Crippen MR) is 151 cm³/mol. The first-order chi connectivity index (χ1) is 18.6. The average Bonchev–Trinajstić information content (AvgIpc) is 2.91. The van der Waals surface area contributed by atoms with Gasteiger partial charge in [0.2, 0.25) is 0 Å². The average molecular weight is 539 g/mol. The summed E-state index contributed by atoms with van der Waals surface area (Å²) in [7, 11) is -4.68. The number of aromatic hydroxyl groups is 2. The Balaban J connectivity index is 1.58. The Morgan fingerprint density at radius 1 is 0.692 bits per heavy atom. The third kappa shape index (κ3) is 5.25. The molecule has 5 rings (SSSR count). The summed E-state index contributed by atoms with van der Waals surface area (Å²) in [5, 5.41) is 30.0. The molecule has 0 spiro atoms. The van der Waals surface area contributed by atoms with E-state index in [1.165, 1.54) is 6.07 Å². The molecule has 0 bridgehead atoms. The van der Waals surface area contributed by atoms with E-state index < -0.39 is 15.0 Å². The molecule has 0 heterocycles. The molecule has 3 N–H and O–H groups in total. The molecule has 0 aromatic heterocycles. The summed E-state index contributed by atoms with van der Waals surface area (Å²) in [5.41, 5.74) is 4.79. The summed E-state index contributed by atoms with van der Waals surface area (Å²) >= 11 is 0. The first-order valence-corrected chi connectivity index (χ1v) is 13.7. The van der Waals surface area contributed by atoms with Crippen molar-refractivity contribution in [3.05, 3.63) is 125 Å². The Bertz CT molecular complexity index is 1830. The molecular formula is C31H26N2O5S. The number of azo groups is 1. The second-order valence-corrected chi connectivity index (χ2v) is 10.8. The Labute approximate surface area is 226 Å². The van der Waals surface area contributed by atoms with Crippen LogP contribution in [0.1, 0.15) is 33.7 Å². The fraction of sp³-hybridized carbons (Fsp3) is 0.0968. The maximum Gasteiger partial charge on any atom is 0.296 e. The lowest BCUT2D eigenvalue weighted by molar-refractivity contribution is 0.470. The third-order valence-corrected chi connectivity index (χ3v) is 7.60. The van der Waals surface area contributed by atoms with E-state index in [-0.39, 0.29) is 23.1 Å². The van der Waals surface area contributed by atoms with Crippen LogP contribution in [0.3, 0.4) is 0 Å². The van der Waals surface area contributed by atoms with Gasteiger partial charge in [0, 0.05) is 11.3 Å². The van der Waals surface area contributed by atoms with Crippen molar-refractivity contribution in [2.24, 2.45) is 10.2 Å². The van der Waals surface area contributed by atoms with Crippen molar-refractivity contribution in [3.63, 3.8) is 0 Å². The van der Waals surface area contributed by atoms with Crippen molar-refractivity contribution in [2.75, 3.05) is 0 Å². The van der Waals surface area contributed by atoms with Crippen LogP contribution in [0, 0.1) is 13.8 Å². The van der Waals surface area contributed by atoms with Crippen molar-refractivity contribution in [1.29, 1.82) is 0 Å². The van der Waals surface area contributed by atoms with Gasteiger partial charge in [-0.15, -0.1) is 5.11 Å². The molecule has 5 aromatic carbocycles. The number of fused-ring (bicyclic) bond motifs is 1. The standard InChI is InChI=1S/C31H26N2O5S/c1-19-16-23(29(21-8-4-3-5-9-21)24-13-15-27(34)20(2)17-24)12-14-26(19)32-33-30-28(39(36,37)38)18-22-10-6-7-11-25(22)31(30)35/h3-18,29,34-35H,1-2H3,(H,36,37,38)/b33-32+. The van der Waals surface area contributed by atoms with Gasteiger partial charge >= 0.3 is 0 Å². The number of aryl methyl sites for hydroxylation is 2. The molecule has 1 atom stereocenters. The van der Waals surface area contributed by atoms with Crippen LogP contribution in [0.4, 0.5) is 11.4 Å². The molecule has 196 valence electrons. The van der Waals surface area contributed by atoms with Gasteiger partial charge < -0.3 is 10.2 Å². The lowest BCUT2D eigenvalue weighted by Crippen LogP contribution is -2.04. The van der Waals surface area contributed by atoms with Crippen molar-refractivity contribution >= 4 is 32.3 Å². The highest BCUT2D eigenvalue weighted by atomic mass is 32.2. The second kappa shape index (κ2) is 10.3. The number of hydrogen-bond acceptors (Lipinski definition) is 6. The molecule has 0 aliphatic rings. The van der Waals surface area contributed by atoms with E-state index in [0.29, 0.717) is 16.5 Å². The monoisotopic (exact) mass is 538 g/mol. The van der Waals surface area contributed by atoms with Crippen LogP contribution in [-0.4, -0.2) is 23.2 Å². The van der Waals surface area contributed by atoms with Gasteiger partial charge in [-0.3, -0.25) is 4.55 Å². The summed E-state index contributed by atoms with van der Waals surface area (Å²) < 4.78 is 34.0. The zero-order valence-electron chi connectivity index (χ0n) is 21.3. The Morgan fingerprint density at radius 2 is 1.33 bits per heavy atom. The van der Waals surface area contributed by atoms with Crippen molar-refractivity contribution < 1.29 is 23.2 Å². The maximum absolute atomic E-state index is 12.1. The highest BCUT2D eigenvalue weighted by Crippen LogP contribution is 2.42. The lowest BCUT2D eigenvalue weighted by atomic mass is 9.84. The number of phenolic OH excluding ortho intramolecular Hbond substituents is 2. The van der Waals surface area contributed by atoms with Crippen LogP contribution in [-0.2, 0) is 10.1 Å². The minimum absolute atomic E-state index is 0.106. The summed E-state index contributed by atoms with van der Waals surface area (Å²) in [6, 6.07) is 29.2. The first kappa shape index (κ1) is 26.1. The van der Waals surface area contributed by atoms with Gasteiger partial charge in [0.15, 0.2) is 5.75 Å². The van der Waals surface area contributed by atoms with Crippen LogP contribution in [0.2, 0.25) is 0 Å². The minimum atomic E-state index is -4.68. The van der Waals surface area contributed by atoms with E-state index >= 15 is 0 Å². The summed E-state index contributed by atoms with van der Waals surface area (Å²) in [4.78, 5) is -0.524. The van der Waals surface area contributed by atoms with E-state index in [9.17, 15) is 23.2 Å². The Hall–Kier alpha value is -4.53. The molecule has 8 heteroatoms. The number of benzene rings is 5. The predicted octanol–water partition coefficient (Wildman–Crippen LogP) is 7.71. The van der Waals surface area contributed by atoms with E-state index in [1.807, 2.05) is 56.3 Å². The normalized spacial score (nSPS) is 12.7. The van der Waals surface area contributed by atoms with E-state index in [1.54, 1.807) is 36.4 Å². The zero-order chi connectivity index (χ0) is 27.7. The first-order valence-electron chi connectivity index (χ1n) is 12.2. The molecule has 0 saturated carbocycles. The number of phenols is 2. The fourth-order valence-corrected chi connectivity index (χ4v) is 5.40. The number of hydrogen-bond donors (Lipinski definition) is 3. The smallest absolute Gasteiger partial charge is 0.296 e. The summed E-state index contributed by atoms with van der Waals surface area (Å²) in [6.07, 6.45) is 0. The molecule has 5 aromatic rings. The van der Waals surface area contributed by atoms with Gasteiger partial charge in [0.05, 0.1) is 5.69 Å². The van der Waals surface area contributed by atoms with Gasteiger partial charge in [0.1, 0.15) is 16.3 Å². The topological polar surface area (TPSA) is 120 Å². The molecule has 0 aliphatic heterocycles. The summed E-state index contributed by atoms with van der Waals surface area (Å²) in [5.74, 6) is -0.254. The molecule has 1 unspecified atom stereocenters. The highest BCUT2D eigenvalue weighted by molar-refractivity contribution is 7.86. The van der Waals surface area contributed by atoms with Crippen LogP contribution < -0.4 is 0 Å². The Morgan fingerprint density at radius 3 is 2.00 bits per heavy atom. The molecule has 0 fully saturated rings. The quantitative estimate of drug-likeness (QED) is 0.116. The third-order valence-electron chi connectivity index (χ3n) is 6.74. The van der Waals surface area contributed by atoms with Gasteiger partial charge in [-0.25, -0.2) is 0 Å². The highest BCUT2D eigenvalue weighted by Gasteiger charge is 2.22. The molecule has 7 nitrogen and oxygen atoms in total. The summed E-state index contributed by atoms with van der Waals surface area (Å²) in [6.45, 7) is 3.73. The second-order valence-electron chi connectivity index (χ2n) is 9.40. The van der Waals surface area contributed by atoms with Crippen LogP contribution >= 0.6 is 0 Å². The van der Waals surface area contributed by atoms with E-state index in [4.69, 9.17) is 0 Å².